The van der Waals surface area contributed by atoms with Crippen molar-refractivity contribution in [2.45, 2.75) is 32.2 Å². The molecular formula is C28H30N4O4. The number of nitrogens with one attached hydrogen (secondary N) is 2. The predicted octanol–water partition coefficient (Wildman–Crippen LogP) is 4.83. The maximum Gasteiger partial charge on any atom is 0.414 e. The highest BCUT2D eigenvalue weighted by Gasteiger charge is 2.35. The van der Waals surface area contributed by atoms with Gasteiger partial charge < -0.3 is 15.4 Å². The van der Waals surface area contributed by atoms with E-state index in [0.29, 0.717) is 28.0 Å². The molecular weight excluding hydrogens is 456 g/mol. The highest BCUT2D eigenvalue weighted by Crippen LogP contribution is 2.27. The van der Waals surface area contributed by atoms with E-state index in [0.717, 1.165) is 16.0 Å². The Kier molecular flexibility index (Phi) is 8.22. The van der Waals surface area contributed by atoms with Gasteiger partial charge in [0.2, 0.25) is 5.91 Å². The zero-order valence-electron chi connectivity index (χ0n) is 20.6. The third-order valence-electron chi connectivity index (χ3n) is 5.85. The van der Waals surface area contributed by atoms with Crippen LogP contribution in [0.25, 0.3) is 11.0 Å². The van der Waals surface area contributed by atoms with Crippen LogP contribution in [-0.4, -0.2) is 51.0 Å². The number of carboxylic acid groups (broad SMARTS) is 1. The Bertz CT molecular complexity index is 1340. The van der Waals surface area contributed by atoms with E-state index in [1.165, 1.54) is 0 Å². The molecule has 3 amide bonds. The number of carbonyl (C=O) groups is 3. The Labute approximate surface area is 210 Å². The van der Waals surface area contributed by atoms with Gasteiger partial charge in [0.15, 0.2) is 0 Å². The molecule has 0 aliphatic rings. The standard InChI is InChI=1S/C28H30N4O4/c1-17(2)11-12-18(3)19(4)32(28(35)36)27(34)22(15-20-9-7-6-8-10-20)25-30-23-14-13-21(26(33)29-5)16-24(23)31-25/h6-14,16,19,22H,1,3,15H2,2,4-5H3,(H,29,33)(H,30,31)(H,35,36). The summed E-state index contributed by atoms with van der Waals surface area (Å²) in [5.74, 6) is -1.49. The first-order valence-electron chi connectivity index (χ1n) is 11.5. The molecule has 0 spiro atoms. The quantitative estimate of drug-likeness (QED) is 0.375. The summed E-state index contributed by atoms with van der Waals surface area (Å²) in [4.78, 5) is 46.7. The van der Waals surface area contributed by atoms with Gasteiger partial charge in [-0.3, -0.25) is 9.59 Å². The lowest BCUT2D eigenvalue weighted by atomic mass is 9.95. The SMILES string of the molecule is C=C(C)C=CC(=C)C(C)N(C(=O)O)C(=O)C(Cc1ccccc1)c1nc2ccc(C(=O)NC)cc2[nH]1. The van der Waals surface area contributed by atoms with Crippen molar-refractivity contribution in [2.24, 2.45) is 0 Å². The first-order valence-corrected chi connectivity index (χ1v) is 11.5. The Morgan fingerprint density at radius 3 is 2.44 bits per heavy atom. The van der Waals surface area contributed by atoms with Crippen molar-refractivity contribution in [3.05, 3.63) is 102 Å². The minimum absolute atomic E-state index is 0.229. The first kappa shape index (κ1) is 26.2. The van der Waals surface area contributed by atoms with Crippen LogP contribution < -0.4 is 5.32 Å². The fraction of sp³-hybridized carbons (Fsp3) is 0.214. The minimum Gasteiger partial charge on any atom is -0.465 e. The van der Waals surface area contributed by atoms with Gasteiger partial charge in [0.1, 0.15) is 11.7 Å². The number of aromatic amines is 1. The van der Waals surface area contributed by atoms with E-state index < -0.39 is 24.0 Å². The molecule has 0 saturated carbocycles. The normalized spacial score (nSPS) is 12.8. The number of H-pyrrole nitrogens is 1. The number of hydrogen-bond donors (Lipinski definition) is 3. The van der Waals surface area contributed by atoms with Crippen molar-refractivity contribution in [2.75, 3.05) is 7.05 Å². The third kappa shape index (κ3) is 5.96. The lowest BCUT2D eigenvalue weighted by Crippen LogP contribution is -2.46. The van der Waals surface area contributed by atoms with Crippen LogP contribution in [0, 0.1) is 0 Å². The number of fused-ring (bicyclic) bond motifs is 1. The Balaban J connectivity index is 2.05. The van der Waals surface area contributed by atoms with Crippen LogP contribution in [-0.2, 0) is 11.2 Å². The van der Waals surface area contributed by atoms with E-state index >= 15 is 0 Å². The average molecular weight is 487 g/mol. The van der Waals surface area contributed by atoms with Crippen molar-refractivity contribution in [3.63, 3.8) is 0 Å². The summed E-state index contributed by atoms with van der Waals surface area (Å²) < 4.78 is 0. The van der Waals surface area contributed by atoms with Gasteiger partial charge in [-0.15, -0.1) is 0 Å². The van der Waals surface area contributed by atoms with E-state index in [1.807, 2.05) is 37.3 Å². The highest BCUT2D eigenvalue weighted by molar-refractivity contribution is 5.98. The maximum atomic E-state index is 13.8. The van der Waals surface area contributed by atoms with Crippen LogP contribution in [0.3, 0.4) is 0 Å². The number of aromatic nitrogens is 2. The molecule has 0 aliphatic carbocycles. The Hall–Kier alpha value is -4.46. The number of imidazole rings is 1. The van der Waals surface area contributed by atoms with Crippen molar-refractivity contribution >= 4 is 28.9 Å². The molecule has 1 heterocycles. The molecule has 8 nitrogen and oxygen atoms in total. The van der Waals surface area contributed by atoms with Crippen LogP contribution in [0.5, 0.6) is 0 Å². The van der Waals surface area contributed by atoms with E-state index in [9.17, 15) is 19.5 Å². The Morgan fingerprint density at radius 2 is 1.83 bits per heavy atom. The van der Waals surface area contributed by atoms with Gasteiger partial charge in [0.05, 0.1) is 17.1 Å². The number of nitrogens with zero attached hydrogens (tertiary/aromatic N) is 2. The largest absolute Gasteiger partial charge is 0.465 e. The highest BCUT2D eigenvalue weighted by atomic mass is 16.4. The summed E-state index contributed by atoms with van der Waals surface area (Å²) in [5, 5.41) is 12.6. The lowest BCUT2D eigenvalue weighted by Gasteiger charge is -2.28. The molecule has 0 radical (unpaired) electrons. The summed E-state index contributed by atoms with van der Waals surface area (Å²) in [6.45, 7) is 11.2. The van der Waals surface area contributed by atoms with E-state index in [-0.39, 0.29) is 12.3 Å². The molecule has 0 saturated heterocycles. The Morgan fingerprint density at radius 1 is 1.14 bits per heavy atom. The molecule has 0 aliphatic heterocycles. The first-order chi connectivity index (χ1) is 17.1. The molecule has 0 fully saturated rings. The molecule has 2 atom stereocenters. The molecule has 36 heavy (non-hydrogen) atoms. The predicted molar refractivity (Wildman–Crippen MR) is 140 cm³/mol. The van der Waals surface area contributed by atoms with Crippen LogP contribution in [0.1, 0.15) is 41.5 Å². The van der Waals surface area contributed by atoms with Crippen LogP contribution >= 0.6 is 0 Å². The van der Waals surface area contributed by atoms with Gasteiger partial charge in [0.25, 0.3) is 5.91 Å². The molecule has 3 N–H and O–H groups in total. The second-order valence-corrected chi connectivity index (χ2v) is 8.60. The zero-order chi connectivity index (χ0) is 26.4. The molecule has 0 bridgehead atoms. The monoisotopic (exact) mass is 486 g/mol. The molecule has 8 heteroatoms. The number of allylic oxidation sites excluding steroid dienone is 2. The molecule has 186 valence electrons. The minimum atomic E-state index is -1.38. The van der Waals surface area contributed by atoms with E-state index in [2.05, 4.69) is 28.4 Å². The van der Waals surface area contributed by atoms with Crippen LogP contribution in [0.4, 0.5) is 4.79 Å². The van der Waals surface area contributed by atoms with Crippen molar-refractivity contribution in [1.29, 1.82) is 0 Å². The number of rotatable bonds is 9. The molecule has 3 aromatic rings. The second-order valence-electron chi connectivity index (χ2n) is 8.60. The van der Waals surface area contributed by atoms with Gasteiger partial charge in [-0.2, -0.15) is 0 Å². The van der Waals surface area contributed by atoms with Gasteiger partial charge >= 0.3 is 6.09 Å². The van der Waals surface area contributed by atoms with Gasteiger partial charge in [0, 0.05) is 12.6 Å². The second kappa shape index (κ2) is 11.3. The van der Waals surface area contributed by atoms with E-state index in [4.69, 9.17) is 0 Å². The maximum absolute atomic E-state index is 13.8. The smallest absolute Gasteiger partial charge is 0.414 e. The summed E-state index contributed by atoms with van der Waals surface area (Å²) in [5.41, 5.74) is 3.64. The van der Waals surface area contributed by atoms with Crippen molar-refractivity contribution in [1.82, 2.24) is 20.2 Å². The van der Waals surface area contributed by atoms with Crippen LogP contribution in [0.15, 0.2) is 85.0 Å². The van der Waals surface area contributed by atoms with Gasteiger partial charge in [-0.05, 0) is 49.6 Å². The third-order valence-corrected chi connectivity index (χ3v) is 5.85. The summed E-state index contributed by atoms with van der Waals surface area (Å²) in [6.07, 6.45) is 2.22. The molecule has 2 unspecified atom stereocenters. The average Bonchev–Trinajstić information content (AvgIpc) is 3.28. The fourth-order valence-electron chi connectivity index (χ4n) is 3.80. The van der Waals surface area contributed by atoms with Crippen molar-refractivity contribution in [3.8, 4) is 0 Å². The fourth-order valence-corrected chi connectivity index (χ4v) is 3.80. The van der Waals surface area contributed by atoms with Gasteiger partial charge in [-0.1, -0.05) is 61.2 Å². The summed E-state index contributed by atoms with van der Waals surface area (Å²) in [7, 11) is 1.54. The molecule has 1 aromatic heterocycles. The number of benzene rings is 2. The molecule has 3 rings (SSSR count). The number of carbonyl (C=O) groups excluding carboxylic acids is 2. The van der Waals surface area contributed by atoms with Gasteiger partial charge in [-0.25, -0.2) is 14.7 Å². The summed E-state index contributed by atoms with van der Waals surface area (Å²) >= 11 is 0. The number of hydrogen-bond acceptors (Lipinski definition) is 4. The van der Waals surface area contributed by atoms with E-state index in [1.54, 1.807) is 44.3 Å². The number of imide groups is 1. The zero-order valence-corrected chi connectivity index (χ0v) is 20.6. The summed E-state index contributed by atoms with van der Waals surface area (Å²) in [6, 6.07) is 13.5. The topological polar surface area (TPSA) is 115 Å². The number of amides is 3. The van der Waals surface area contributed by atoms with Crippen LogP contribution in [0.2, 0.25) is 0 Å². The van der Waals surface area contributed by atoms with Crippen molar-refractivity contribution < 1.29 is 19.5 Å². The lowest BCUT2D eigenvalue weighted by molar-refractivity contribution is -0.131. The molecule has 2 aromatic carbocycles.